The van der Waals surface area contributed by atoms with Crippen molar-refractivity contribution in [2.75, 3.05) is 13.2 Å². The molecular weight excluding hydrogens is 697 g/mol. The largest absolute Gasteiger partial charge is 0.462 e. The van der Waals surface area contributed by atoms with Crippen LogP contribution in [0.3, 0.4) is 0 Å². The van der Waals surface area contributed by atoms with E-state index >= 15 is 0 Å². The highest BCUT2D eigenvalue weighted by Gasteiger charge is 2.15. The summed E-state index contributed by atoms with van der Waals surface area (Å²) in [5.41, 5.74) is 0. The van der Waals surface area contributed by atoms with Crippen molar-refractivity contribution in [1.29, 1.82) is 0 Å². The summed E-state index contributed by atoms with van der Waals surface area (Å²) in [6.45, 7) is 6.28. The summed E-state index contributed by atoms with van der Waals surface area (Å²) in [5.74, 6) is 0.137. The Morgan fingerprint density at radius 1 is 0.571 bits per heavy atom. The van der Waals surface area contributed by atoms with Crippen molar-refractivity contribution in [3.63, 3.8) is 0 Å². The minimum absolute atomic E-state index is 0.131. The number of ether oxygens (including phenoxy) is 2. The highest BCUT2D eigenvalue weighted by molar-refractivity contribution is 5.70. The van der Waals surface area contributed by atoms with Crippen LogP contribution in [0, 0.1) is 5.92 Å². The van der Waals surface area contributed by atoms with Gasteiger partial charge in [-0.2, -0.15) is 0 Å². The first-order valence-electron chi connectivity index (χ1n) is 23.0. The first-order valence-corrected chi connectivity index (χ1v) is 23.0. The third kappa shape index (κ3) is 40.9. The lowest BCUT2D eigenvalue weighted by Gasteiger charge is -2.15. The SMILES string of the molecule is CC/C=C\C/C=C\C/C=C\C/C=C\C=C/C(O)C/C=C\CCC(=O)O[C@@H](CO)COC(=O)CCCCCCCCCCCCCCCCCCCCC(C)CC. The van der Waals surface area contributed by atoms with Crippen LogP contribution < -0.4 is 0 Å². The van der Waals surface area contributed by atoms with Gasteiger partial charge in [0.2, 0.25) is 0 Å². The van der Waals surface area contributed by atoms with Crippen molar-refractivity contribution < 1.29 is 29.3 Å². The summed E-state index contributed by atoms with van der Waals surface area (Å²) < 4.78 is 10.5. The molecule has 0 aliphatic heterocycles. The van der Waals surface area contributed by atoms with Gasteiger partial charge in [-0.3, -0.25) is 9.59 Å². The smallest absolute Gasteiger partial charge is 0.306 e. The van der Waals surface area contributed by atoms with Crippen molar-refractivity contribution in [2.24, 2.45) is 5.92 Å². The van der Waals surface area contributed by atoms with Crippen molar-refractivity contribution in [2.45, 2.75) is 213 Å². The highest BCUT2D eigenvalue weighted by atomic mass is 16.6. The molecule has 6 nitrogen and oxygen atoms in total. The second-order valence-electron chi connectivity index (χ2n) is 15.5. The molecule has 0 radical (unpaired) electrons. The molecule has 2 N–H and O–H groups in total. The van der Waals surface area contributed by atoms with Gasteiger partial charge in [-0.1, -0.05) is 216 Å². The van der Waals surface area contributed by atoms with E-state index in [0.717, 1.165) is 50.9 Å². The third-order valence-electron chi connectivity index (χ3n) is 10.1. The summed E-state index contributed by atoms with van der Waals surface area (Å²) in [6.07, 6.45) is 54.3. The maximum atomic E-state index is 12.2. The zero-order valence-electron chi connectivity index (χ0n) is 36.4. The predicted molar refractivity (Wildman–Crippen MR) is 239 cm³/mol. The Morgan fingerprint density at radius 3 is 1.59 bits per heavy atom. The Hall–Kier alpha value is -2.70. The average Bonchev–Trinajstić information content (AvgIpc) is 3.20. The fourth-order valence-electron chi connectivity index (χ4n) is 6.29. The van der Waals surface area contributed by atoms with Crippen LogP contribution in [0.25, 0.3) is 0 Å². The lowest BCUT2D eigenvalue weighted by Crippen LogP contribution is -2.28. The predicted octanol–water partition coefficient (Wildman–Crippen LogP) is 13.7. The van der Waals surface area contributed by atoms with E-state index in [1.165, 1.54) is 109 Å². The lowest BCUT2D eigenvalue weighted by atomic mass is 9.99. The summed E-state index contributed by atoms with van der Waals surface area (Å²) in [7, 11) is 0. The first-order chi connectivity index (χ1) is 27.4. The zero-order valence-corrected chi connectivity index (χ0v) is 36.4. The van der Waals surface area contributed by atoms with Crippen LogP contribution in [0.4, 0.5) is 0 Å². The lowest BCUT2D eigenvalue weighted by molar-refractivity contribution is -0.161. The fourth-order valence-corrected chi connectivity index (χ4v) is 6.29. The molecule has 2 unspecified atom stereocenters. The normalized spacial score (nSPS) is 14.0. The van der Waals surface area contributed by atoms with E-state index in [1.54, 1.807) is 6.08 Å². The van der Waals surface area contributed by atoms with Gasteiger partial charge in [-0.25, -0.2) is 0 Å². The van der Waals surface area contributed by atoms with Crippen molar-refractivity contribution in [3.05, 3.63) is 72.9 Å². The van der Waals surface area contributed by atoms with Gasteiger partial charge in [0.25, 0.3) is 0 Å². The van der Waals surface area contributed by atoms with Crippen LogP contribution in [0.15, 0.2) is 72.9 Å². The van der Waals surface area contributed by atoms with Crippen LogP contribution >= 0.6 is 0 Å². The molecule has 6 heteroatoms. The van der Waals surface area contributed by atoms with Crippen LogP contribution in [0.2, 0.25) is 0 Å². The quantitative estimate of drug-likeness (QED) is 0.0278. The number of hydrogen-bond donors (Lipinski definition) is 2. The highest BCUT2D eigenvalue weighted by Crippen LogP contribution is 2.17. The first kappa shape index (κ1) is 53.3. The standard InChI is InChI=1S/C50H86O6/c1-4-6-7-8-9-10-11-18-22-25-28-31-35-40-47(52)41-36-33-38-43-50(54)56-48(44-51)45-55-49(53)42-37-32-29-26-23-20-17-15-13-12-14-16-19-21-24-27-30-34-39-46(3)5-2/h6-7,9-10,18,22,28,31,33,35-36,40,46-48,51-52H,4-5,8,11-17,19-21,23-27,29-30,32,34,37-39,41-45H2,1-3H3/b7-6-,10-9-,22-18-,31-28-,36-33-,40-35-/t46?,47?,48-/m0/s1. The molecule has 0 fully saturated rings. The molecule has 0 aliphatic rings. The number of hydrogen-bond acceptors (Lipinski definition) is 6. The number of aliphatic hydroxyl groups excluding tert-OH is 2. The Morgan fingerprint density at radius 2 is 1.07 bits per heavy atom. The molecule has 0 saturated carbocycles. The van der Waals surface area contributed by atoms with Gasteiger partial charge in [0.1, 0.15) is 6.61 Å². The van der Waals surface area contributed by atoms with Gasteiger partial charge >= 0.3 is 11.9 Å². The topological polar surface area (TPSA) is 93.1 Å². The summed E-state index contributed by atoms with van der Waals surface area (Å²) in [5, 5.41) is 19.7. The Bertz CT molecular complexity index is 1050. The summed E-state index contributed by atoms with van der Waals surface area (Å²) in [6, 6.07) is 0. The van der Waals surface area contributed by atoms with Gasteiger partial charge in [0.05, 0.1) is 12.7 Å². The van der Waals surface area contributed by atoms with E-state index in [1.807, 2.05) is 30.4 Å². The minimum Gasteiger partial charge on any atom is -0.462 e. The maximum absolute atomic E-state index is 12.2. The molecule has 0 bridgehead atoms. The number of aliphatic hydroxyl groups is 2. The summed E-state index contributed by atoms with van der Waals surface area (Å²) in [4.78, 5) is 24.4. The molecule has 322 valence electrons. The van der Waals surface area contributed by atoms with Gasteiger partial charge in [-0.15, -0.1) is 0 Å². The molecule has 0 aromatic carbocycles. The van der Waals surface area contributed by atoms with Gasteiger partial charge < -0.3 is 19.7 Å². The molecule has 0 spiro atoms. The molecule has 3 atom stereocenters. The van der Waals surface area contributed by atoms with E-state index in [9.17, 15) is 19.8 Å². The van der Waals surface area contributed by atoms with Crippen molar-refractivity contribution in [1.82, 2.24) is 0 Å². The maximum Gasteiger partial charge on any atom is 0.306 e. The molecule has 0 saturated heterocycles. The molecule has 0 aromatic rings. The van der Waals surface area contributed by atoms with E-state index in [-0.39, 0.29) is 19.0 Å². The molecule has 0 amide bonds. The molecule has 0 aliphatic carbocycles. The van der Waals surface area contributed by atoms with Gasteiger partial charge in [0.15, 0.2) is 6.10 Å². The van der Waals surface area contributed by atoms with Crippen LogP contribution in [0.1, 0.15) is 201 Å². The second kappa shape index (κ2) is 43.4. The number of allylic oxidation sites excluding steroid dienone is 10. The molecule has 56 heavy (non-hydrogen) atoms. The van der Waals surface area contributed by atoms with E-state index < -0.39 is 24.8 Å². The number of rotatable bonds is 40. The van der Waals surface area contributed by atoms with Crippen molar-refractivity contribution in [3.8, 4) is 0 Å². The summed E-state index contributed by atoms with van der Waals surface area (Å²) >= 11 is 0. The van der Waals surface area contributed by atoms with E-state index in [4.69, 9.17) is 9.47 Å². The number of esters is 2. The van der Waals surface area contributed by atoms with Crippen LogP contribution in [0.5, 0.6) is 0 Å². The molecule has 0 heterocycles. The molecule has 0 aromatic heterocycles. The monoisotopic (exact) mass is 783 g/mol. The number of unbranched alkanes of at least 4 members (excludes halogenated alkanes) is 17. The fraction of sp³-hybridized carbons (Fsp3) is 0.720. The van der Waals surface area contributed by atoms with Crippen LogP contribution in [-0.2, 0) is 19.1 Å². The Labute approximate surface area is 345 Å². The van der Waals surface area contributed by atoms with Crippen molar-refractivity contribution >= 4 is 11.9 Å². The van der Waals surface area contributed by atoms with Gasteiger partial charge in [-0.05, 0) is 50.9 Å². The Kier molecular flexibility index (Phi) is 41.3. The number of carbonyl (C=O) groups excluding carboxylic acids is 2. The van der Waals surface area contributed by atoms with Gasteiger partial charge in [0, 0.05) is 12.8 Å². The van der Waals surface area contributed by atoms with E-state index in [2.05, 4.69) is 57.2 Å². The molecular formula is C50H86O6. The Balaban J connectivity index is 3.70. The second-order valence-corrected chi connectivity index (χ2v) is 15.5. The average molecular weight is 783 g/mol. The minimum atomic E-state index is -0.857. The third-order valence-corrected chi connectivity index (χ3v) is 10.1. The van der Waals surface area contributed by atoms with Crippen LogP contribution in [-0.4, -0.2) is 47.6 Å². The van der Waals surface area contributed by atoms with E-state index in [0.29, 0.717) is 19.3 Å². The number of carbonyl (C=O) groups is 2. The zero-order chi connectivity index (χ0) is 41.0. The molecule has 0 rings (SSSR count).